The summed E-state index contributed by atoms with van der Waals surface area (Å²) in [6.45, 7) is 4.34. The number of carbonyl (C=O) groups is 2. The van der Waals surface area contributed by atoms with Gasteiger partial charge in [-0.25, -0.2) is 0 Å². The van der Waals surface area contributed by atoms with Crippen molar-refractivity contribution in [1.29, 1.82) is 0 Å². The number of ether oxygens (including phenoxy) is 3. The normalized spacial score (nSPS) is 18.2. The fourth-order valence-corrected chi connectivity index (χ4v) is 2.66. The zero-order chi connectivity index (χ0) is 18.1. The van der Waals surface area contributed by atoms with Crippen molar-refractivity contribution >= 4 is 11.9 Å². The molecule has 0 radical (unpaired) electrons. The van der Waals surface area contributed by atoms with Gasteiger partial charge in [0.25, 0.3) is 0 Å². The van der Waals surface area contributed by atoms with Crippen LogP contribution in [-0.2, 0) is 25.5 Å². The van der Waals surface area contributed by atoms with Crippen molar-refractivity contribution in [2.45, 2.75) is 19.4 Å². The molecule has 7 heteroatoms. The molecule has 1 fully saturated rings. The van der Waals surface area contributed by atoms with Crippen LogP contribution in [0.25, 0.3) is 0 Å². The van der Waals surface area contributed by atoms with E-state index < -0.39 is 5.92 Å². The first-order chi connectivity index (χ1) is 12.1. The molecule has 2 unspecified atom stereocenters. The van der Waals surface area contributed by atoms with Gasteiger partial charge >= 0.3 is 5.97 Å². The highest BCUT2D eigenvalue weighted by Gasteiger charge is 2.25. The molecule has 0 saturated carbocycles. The summed E-state index contributed by atoms with van der Waals surface area (Å²) in [5, 5.41) is 5.90. The van der Waals surface area contributed by atoms with Crippen molar-refractivity contribution in [2.24, 2.45) is 5.92 Å². The van der Waals surface area contributed by atoms with Gasteiger partial charge in [-0.1, -0.05) is 12.1 Å². The molecule has 0 aliphatic carbocycles. The molecule has 0 spiro atoms. The van der Waals surface area contributed by atoms with Crippen molar-refractivity contribution in [3.05, 3.63) is 29.8 Å². The molecule has 1 saturated heterocycles. The lowest BCUT2D eigenvalue weighted by molar-refractivity contribution is -0.145. The summed E-state index contributed by atoms with van der Waals surface area (Å²) in [5.74, 6) is -0.170. The maximum Gasteiger partial charge on any atom is 0.310 e. The zero-order valence-electron chi connectivity index (χ0n) is 14.7. The molecule has 138 valence electrons. The van der Waals surface area contributed by atoms with Gasteiger partial charge in [0.2, 0.25) is 5.91 Å². The van der Waals surface area contributed by atoms with E-state index in [1.165, 1.54) is 7.11 Å². The summed E-state index contributed by atoms with van der Waals surface area (Å²) >= 11 is 0. The quantitative estimate of drug-likeness (QED) is 0.665. The van der Waals surface area contributed by atoms with Crippen LogP contribution in [0.2, 0.25) is 0 Å². The van der Waals surface area contributed by atoms with Crippen molar-refractivity contribution in [2.75, 3.05) is 40.0 Å². The lowest BCUT2D eigenvalue weighted by atomic mass is 9.99. The van der Waals surface area contributed by atoms with Crippen molar-refractivity contribution in [1.82, 2.24) is 10.6 Å². The molecular formula is C18H26N2O5. The topological polar surface area (TPSA) is 85.9 Å². The van der Waals surface area contributed by atoms with Gasteiger partial charge in [0, 0.05) is 13.1 Å². The Bertz CT molecular complexity index is 555. The van der Waals surface area contributed by atoms with E-state index in [2.05, 4.69) is 10.6 Å². The average molecular weight is 350 g/mol. The first-order valence-corrected chi connectivity index (χ1v) is 8.52. The third kappa shape index (κ3) is 6.03. The molecule has 2 N–H and O–H groups in total. The molecule has 0 bridgehead atoms. The molecule has 1 aromatic carbocycles. The Morgan fingerprint density at radius 2 is 2.12 bits per heavy atom. The summed E-state index contributed by atoms with van der Waals surface area (Å²) in [7, 11) is 1.35. The SMILES string of the molecule is CCOc1ccc(CC(CNC(=O)C2COCCN2)C(=O)OC)cc1. The number of hydrogen-bond acceptors (Lipinski definition) is 6. The number of benzene rings is 1. The molecular weight excluding hydrogens is 324 g/mol. The number of amides is 1. The maximum atomic E-state index is 12.2. The predicted molar refractivity (Wildman–Crippen MR) is 92.4 cm³/mol. The molecule has 1 aliphatic rings. The van der Waals surface area contributed by atoms with E-state index in [9.17, 15) is 9.59 Å². The van der Waals surface area contributed by atoms with Gasteiger partial charge in [0.1, 0.15) is 11.8 Å². The number of esters is 1. The molecule has 7 nitrogen and oxygen atoms in total. The van der Waals surface area contributed by atoms with Gasteiger partial charge in [-0.05, 0) is 31.0 Å². The highest BCUT2D eigenvalue weighted by Crippen LogP contribution is 2.16. The first kappa shape index (κ1) is 19.2. The second kappa shape index (κ2) is 10.0. The Labute approximate surface area is 148 Å². The van der Waals surface area contributed by atoms with E-state index in [1.807, 2.05) is 31.2 Å². The highest BCUT2D eigenvalue weighted by atomic mass is 16.5. The van der Waals surface area contributed by atoms with Gasteiger partial charge < -0.3 is 24.8 Å². The maximum absolute atomic E-state index is 12.2. The number of carbonyl (C=O) groups excluding carboxylic acids is 2. The van der Waals surface area contributed by atoms with Crippen LogP contribution < -0.4 is 15.4 Å². The smallest absolute Gasteiger partial charge is 0.310 e. The van der Waals surface area contributed by atoms with Crippen molar-refractivity contribution in [3.63, 3.8) is 0 Å². The first-order valence-electron chi connectivity index (χ1n) is 8.52. The molecule has 1 aliphatic heterocycles. The third-order valence-corrected chi connectivity index (χ3v) is 4.01. The summed E-state index contributed by atoms with van der Waals surface area (Å²) < 4.78 is 15.6. The van der Waals surface area contributed by atoms with E-state index in [-0.39, 0.29) is 24.5 Å². The Balaban J connectivity index is 1.91. The van der Waals surface area contributed by atoms with Crippen molar-refractivity contribution < 1.29 is 23.8 Å². The molecule has 2 atom stereocenters. The monoisotopic (exact) mass is 350 g/mol. The van der Waals surface area contributed by atoms with Crippen LogP contribution >= 0.6 is 0 Å². The lowest BCUT2D eigenvalue weighted by Gasteiger charge is -2.24. The minimum absolute atomic E-state index is 0.166. The standard InChI is InChI=1S/C18H26N2O5/c1-3-25-15-6-4-13(5-7-15)10-14(18(22)23-2)11-20-17(21)16-12-24-9-8-19-16/h4-7,14,16,19H,3,8-12H2,1-2H3,(H,20,21). The number of rotatable bonds is 8. The second-order valence-electron chi connectivity index (χ2n) is 5.83. The fraction of sp³-hybridized carbons (Fsp3) is 0.556. The van der Waals surface area contributed by atoms with Gasteiger partial charge in [0.05, 0.1) is 32.8 Å². The molecule has 1 amide bonds. The van der Waals surface area contributed by atoms with Crippen LogP contribution in [0, 0.1) is 5.92 Å². The Morgan fingerprint density at radius 3 is 2.72 bits per heavy atom. The number of morpholine rings is 1. The van der Waals surface area contributed by atoms with Gasteiger partial charge in [0.15, 0.2) is 0 Å². The third-order valence-electron chi connectivity index (χ3n) is 4.01. The zero-order valence-corrected chi connectivity index (χ0v) is 14.7. The van der Waals surface area contributed by atoms with Crippen LogP contribution in [0.1, 0.15) is 12.5 Å². The molecule has 2 rings (SSSR count). The van der Waals surface area contributed by atoms with Crippen LogP contribution in [0.4, 0.5) is 0 Å². The van der Waals surface area contributed by atoms with Crippen LogP contribution in [-0.4, -0.2) is 57.9 Å². The van der Waals surface area contributed by atoms with Crippen LogP contribution in [0.5, 0.6) is 5.75 Å². The van der Waals surface area contributed by atoms with E-state index >= 15 is 0 Å². The minimum Gasteiger partial charge on any atom is -0.494 e. The Hall–Kier alpha value is -2.12. The van der Waals surface area contributed by atoms with E-state index in [4.69, 9.17) is 14.2 Å². The number of hydrogen-bond donors (Lipinski definition) is 2. The summed E-state index contributed by atoms with van der Waals surface area (Å²) in [6.07, 6.45) is 0.480. The minimum atomic E-state index is -0.448. The summed E-state index contributed by atoms with van der Waals surface area (Å²) in [5.41, 5.74) is 0.979. The van der Waals surface area contributed by atoms with Gasteiger partial charge in [-0.3, -0.25) is 9.59 Å². The van der Waals surface area contributed by atoms with E-state index in [0.717, 1.165) is 11.3 Å². The van der Waals surface area contributed by atoms with Crippen LogP contribution in [0.3, 0.4) is 0 Å². The fourth-order valence-electron chi connectivity index (χ4n) is 2.66. The predicted octanol–water partition coefficient (Wildman–Crippen LogP) is 0.522. The molecule has 0 aromatic heterocycles. The second-order valence-corrected chi connectivity index (χ2v) is 5.83. The Kier molecular flexibility index (Phi) is 7.69. The summed E-state index contributed by atoms with van der Waals surface area (Å²) in [6, 6.07) is 7.19. The average Bonchev–Trinajstić information content (AvgIpc) is 2.66. The largest absolute Gasteiger partial charge is 0.494 e. The number of methoxy groups -OCH3 is 1. The van der Waals surface area contributed by atoms with E-state index in [1.54, 1.807) is 0 Å². The van der Waals surface area contributed by atoms with Gasteiger partial charge in [-0.2, -0.15) is 0 Å². The summed E-state index contributed by atoms with van der Waals surface area (Å²) in [4.78, 5) is 24.2. The lowest BCUT2D eigenvalue weighted by Crippen LogP contribution is -2.52. The van der Waals surface area contributed by atoms with Gasteiger partial charge in [-0.15, -0.1) is 0 Å². The number of nitrogens with one attached hydrogen (secondary N) is 2. The molecule has 1 aromatic rings. The molecule has 25 heavy (non-hydrogen) atoms. The highest BCUT2D eigenvalue weighted by molar-refractivity contribution is 5.82. The van der Waals surface area contributed by atoms with Crippen molar-refractivity contribution in [3.8, 4) is 5.75 Å². The molecule has 1 heterocycles. The van der Waals surface area contributed by atoms with E-state index in [0.29, 0.717) is 32.8 Å². The Morgan fingerprint density at radius 1 is 1.36 bits per heavy atom. The van der Waals surface area contributed by atoms with Crippen LogP contribution in [0.15, 0.2) is 24.3 Å².